The van der Waals surface area contributed by atoms with Crippen LogP contribution < -0.4 is 4.72 Å². The summed E-state index contributed by atoms with van der Waals surface area (Å²) in [4.78, 5) is 14.3. The highest BCUT2D eigenvalue weighted by Gasteiger charge is 2.12. The predicted molar refractivity (Wildman–Crippen MR) is 77.8 cm³/mol. The fourth-order valence-corrected chi connectivity index (χ4v) is 2.69. The molecule has 2 N–H and O–H groups in total. The molecular weight excluding hydrogens is 280 g/mol. The van der Waals surface area contributed by atoms with Crippen LogP contribution in [0.3, 0.4) is 0 Å². The Morgan fingerprint density at radius 3 is 2.80 bits per heavy atom. The maximum absolute atomic E-state index is 11.8. The van der Waals surface area contributed by atoms with Crippen LogP contribution in [0.25, 0.3) is 6.08 Å². The van der Waals surface area contributed by atoms with E-state index in [2.05, 4.69) is 9.71 Å². The molecule has 0 saturated carbocycles. The van der Waals surface area contributed by atoms with Gasteiger partial charge < -0.3 is 5.11 Å². The lowest BCUT2D eigenvalue weighted by molar-refractivity contribution is -0.131. The summed E-state index contributed by atoms with van der Waals surface area (Å²) in [5.74, 6) is -0.562. The molecule has 1 rings (SSSR count). The van der Waals surface area contributed by atoms with Gasteiger partial charge in [-0.3, -0.25) is 4.72 Å². The first-order chi connectivity index (χ1) is 9.28. The van der Waals surface area contributed by atoms with Gasteiger partial charge in [0.1, 0.15) is 5.82 Å². The molecular formula is C13H18N2O4S. The first kappa shape index (κ1) is 16.2. The molecule has 0 amide bonds. The van der Waals surface area contributed by atoms with Gasteiger partial charge in [0.15, 0.2) is 0 Å². The van der Waals surface area contributed by atoms with E-state index < -0.39 is 16.0 Å². The molecule has 7 heteroatoms. The van der Waals surface area contributed by atoms with Crippen LogP contribution in [0.1, 0.15) is 25.8 Å². The van der Waals surface area contributed by atoms with E-state index in [1.807, 2.05) is 13.8 Å². The minimum absolute atomic E-state index is 0.0293. The summed E-state index contributed by atoms with van der Waals surface area (Å²) in [6.07, 6.45) is 4.33. The van der Waals surface area contributed by atoms with Gasteiger partial charge in [-0.15, -0.1) is 0 Å². The monoisotopic (exact) mass is 298 g/mol. The van der Waals surface area contributed by atoms with Crippen LogP contribution in [0.5, 0.6) is 0 Å². The van der Waals surface area contributed by atoms with Crippen molar-refractivity contribution in [1.29, 1.82) is 0 Å². The third kappa shape index (κ3) is 6.33. The quantitative estimate of drug-likeness (QED) is 0.750. The number of hydrogen-bond donors (Lipinski definition) is 2. The van der Waals surface area contributed by atoms with Crippen LogP contribution in [0.4, 0.5) is 5.82 Å². The van der Waals surface area contributed by atoms with Crippen molar-refractivity contribution < 1.29 is 18.3 Å². The van der Waals surface area contributed by atoms with E-state index in [1.165, 1.54) is 18.3 Å². The number of aromatic nitrogens is 1. The summed E-state index contributed by atoms with van der Waals surface area (Å²) in [5.41, 5.74) is 0.559. The first-order valence-corrected chi connectivity index (χ1v) is 7.81. The number of anilines is 1. The van der Waals surface area contributed by atoms with Gasteiger partial charge in [0.2, 0.25) is 10.0 Å². The number of carbonyl (C=O) groups is 1. The Labute approximate surface area is 118 Å². The molecule has 0 aromatic carbocycles. The highest BCUT2D eigenvalue weighted by atomic mass is 32.2. The van der Waals surface area contributed by atoms with Gasteiger partial charge in [0.25, 0.3) is 0 Å². The molecule has 0 radical (unpaired) electrons. The number of sulfonamides is 1. The van der Waals surface area contributed by atoms with Gasteiger partial charge >= 0.3 is 5.97 Å². The summed E-state index contributed by atoms with van der Waals surface area (Å²) in [5, 5.41) is 8.54. The van der Waals surface area contributed by atoms with Gasteiger partial charge in [0.05, 0.1) is 5.75 Å². The molecule has 0 aliphatic carbocycles. The van der Waals surface area contributed by atoms with Gasteiger partial charge in [-0.1, -0.05) is 13.8 Å². The van der Waals surface area contributed by atoms with Crippen molar-refractivity contribution in [3.63, 3.8) is 0 Å². The second-order valence-electron chi connectivity index (χ2n) is 4.75. The zero-order chi connectivity index (χ0) is 15.2. The number of rotatable bonds is 7. The second kappa shape index (κ2) is 7.04. The summed E-state index contributed by atoms with van der Waals surface area (Å²) < 4.78 is 26.0. The van der Waals surface area contributed by atoms with E-state index in [-0.39, 0.29) is 11.6 Å². The first-order valence-electron chi connectivity index (χ1n) is 6.16. The molecule has 0 bridgehead atoms. The summed E-state index contributed by atoms with van der Waals surface area (Å²) in [6, 6.07) is 3.07. The number of aliphatic carboxylic acids is 1. The van der Waals surface area contributed by atoms with Crippen LogP contribution in [0.15, 0.2) is 24.4 Å². The fraction of sp³-hybridized carbons (Fsp3) is 0.385. The molecule has 1 aromatic heterocycles. The van der Waals surface area contributed by atoms with Gasteiger partial charge in [-0.2, -0.15) is 0 Å². The van der Waals surface area contributed by atoms with Crippen molar-refractivity contribution in [3.8, 4) is 0 Å². The largest absolute Gasteiger partial charge is 0.478 e. The summed E-state index contributed by atoms with van der Waals surface area (Å²) >= 11 is 0. The molecule has 0 unspecified atom stereocenters. The highest BCUT2D eigenvalue weighted by Crippen LogP contribution is 2.12. The van der Waals surface area contributed by atoms with Crippen molar-refractivity contribution in [2.45, 2.75) is 20.3 Å². The SMILES string of the molecule is CC(C)CCS(=O)(=O)Nc1cc(/C=C/C(=O)O)ccn1. The van der Waals surface area contributed by atoms with E-state index in [1.54, 1.807) is 6.07 Å². The zero-order valence-electron chi connectivity index (χ0n) is 11.4. The molecule has 0 fully saturated rings. The molecule has 0 saturated heterocycles. The molecule has 0 atom stereocenters. The third-order valence-electron chi connectivity index (χ3n) is 2.43. The average molecular weight is 298 g/mol. The van der Waals surface area contributed by atoms with Crippen LogP contribution in [0.2, 0.25) is 0 Å². The standard InChI is InChI=1S/C13H18N2O4S/c1-10(2)6-8-20(18,19)15-12-9-11(5-7-14-12)3-4-13(16)17/h3-5,7,9-10H,6,8H2,1-2H3,(H,14,15)(H,16,17)/b4-3+. The minimum Gasteiger partial charge on any atom is -0.478 e. The fourth-order valence-electron chi connectivity index (χ4n) is 1.38. The second-order valence-corrected chi connectivity index (χ2v) is 6.59. The Kier molecular flexibility index (Phi) is 5.69. The number of nitrogens with one attached hydrogen (secondary N) is 1. The van der Waals surface area contributed by atoms with Gasteiger partial charge in [-0.05, 0) is 36.1 Å². The van der Waals surface area contributed by atoms with Crippen LogP contribution in [-0.4, -0.2) is 30.2 Å². The zero-order valence-corrected chi connectivity index (χ0v) is 12.2. The Hall–Kier alpha value is -1.89. The molecule has 6 nitrogen and oxygen atoms in total. The Morgan fingerprint density at radius 1 is 1.50 bits per heavy atom. The lowest BCUT2D eigenvalue weighted by Crippen LogP contribution is -2.18. The number of carboxylic acid groups (broad SMARTS) is 1. The maximum atomic E-state index is 11.8. The lowest BCUT2D eigenvalue weighted by Gasteiger charge is -2.09. The van der Waals surface area contributed by atoms with Crippen molar-refractivity contribution in [2.24, 2.45) is 5.92 Å². The smallest absolute Gasteiger partial charge is 0.328 e. The van der Waals surface area contributed by atoms with Gasteiger partial charge in [0, 0.05) is 12.3 Å². The molecule has 110 valence electrons. The van der Waals surface area contributed by atoms with E-state index in [0.717, 1.165) is 6.08 Å². The molecule has 0 aliphatic rings. The molecule has 1 heterocycles. The van der Waals surface area contributed by atoms with Crippen molar-refractivity contribution in [1.82, 2.24) is 4.98 Å². The Bertz CT molecular complexity index is 594. The minimum atomic E-state index is -3.43. The van der Waals surface area contributed by atoms with E-state index in [4.69, 9.17) is 5.11 Å². The number of pyridine rings is 1. The van der Waals surface area contributed by atoms with E-state index in [0.29, 0.717) is 17.9 Å². The number of nitrogens with zero attached hydrogens (tertiary/aromatic N) is 1. The highest BCUT2D eigenvalue weighted by molar-refractivity contribution is 7.92. The van der Waals surface area contributed by atoms with Gasteiger partial charge in [-0.25, -0.2) is 18.2 Å². The van der Waals surface area contributed by atoms with Crippen molar-refractivity contribution >= 4 is 27.9 Å². The maximum Gasteiger partial charge on any atom is 0.328 e. The van der Waals surface area contributed by atoms with Crippen molar-refractivity contribution in [2.75, 3.05) is 10.5 Å². The topological polar surface area (TPSA) is 96.4 Å². The normalized spacial score (nSPS) is 11.9. The Balaban J connectivity index is 2.78. The number of hydrogen-bond acceptors (Lipinski definition) is 4. The van der Waals surface area contributed by atoms with Crippen LogP contribution in [-0.2, 0) is 14.8 Å². The predicted octanol–water partition coefficient (Wildman–Crippen LogP) is 1.97. The molecule has 0 aliphatic heterocycles. The Morgan fingerprint density at radius 2 is 2.20 bits per heavy atom. The summed E-state index contributed by atoms with van der Waals surface area (Å²) in [6.45, 7) is 3.90. The van der Waals surface area contributed by atoms with E-state index >= 15 is 0 Å². The average Bonchev–Trinajstić information content (AvgIpc) is 2.34. The van der Waals surface area contributed by atoms with Crippen LogP contribution in [0, 0.1) is 5.92 Å². The molecule has 1 aromatic rings. The van der Waals surface area contributed by atoms with E-state index in [9.17, 15) is 13.2 Å². The summed E-state index contributed by atoms with van der Waals surface area (Å²) in [7, 11) is -3.43. The molecule has 20 heavy (non-hydrogen) atoms. The van der Waals surface area contributed by atoms with Crippen LogP contribution >= 0.6 is 0 Å². The third-order valence-corrected chi connectivity index (χ3v) is 3.72. The lowest BCUT2D eigenvalue weighted by atomic mass is 10.2. The number of carboxylic acids is 1. The van der Waals surface area contributed by atoms with Crippen molar-refractivity contribution in [3.05, 3.63) is 30.0 Å². The molecule has 0 spiro atoms.